The molecule has 0 bridgehead atoms. The maximum Gasteiger partial charge on any atom is 0.416 e. The number of nitrogens with zero attached hydrogens (tertiary/aromatic N) is 2. The van der Waals surface area contributed by atoms with E-state index >= 15 is 0 Å². The van der Waals surface area contributed by atoms with Crippen molar-refractivity contribution in [3.8, 4) is 11.5 Å². The highest BCUT2D eigenvalue weighted by Crippen LogP contribution is 2.36. The van der Waals surface area contributed by atoms with E-state index in [1.165, 1.54) is 25.5 Å². The average Bonchev–Trinajstić information content (AvgIpc) is 2.78. The fourth-order valence-corrected chi connectivity index (χ4v) is 3.60. The Bertz CT molecular complexity index is 1220. The van der Waals surface area contributed by atoms with Gasteiger partial charge in [0.2, 0.25) is 0 Å². The van der Waals surface area contributed by atoms with Gasteiger partial charge in [-0.25, -0.2) is 4.39 Å². The lowest BCUT2D eigenvalue weighted by molar-refractivity contribution is -0.384. The van der Waals surface area contributed by atoms with Gasteiger partial charge in [0.1, 0.15) is 18.1 Å². The third-order valence-electron chi connectivity index (χ3n) is 4.47. The fourth-order valence-electron chi connectivity index (χ4n) is 2.82. The van der Waals surface area contributed by atoms with Crippen LogP contribution >= 0.6 is 22.6 Å². The molecule has 12 heteroatoms. The standard InChI is InChI=1S/C22H16F4IN3O4/c1-33-20-9-14(8-17(27)21(20)34-12-13-2-5-16(23)6-3-13)11-28-29-18-7-4-15(22(24,25)26)10-19(18)30(31)32/h2-11,29H,12H2,1H3/b28-11-. The number of anilines is 1. The molecule has 178 valence electrons. The number of ether oxygens (including phenoxy) is 2. The molecule has 0 radical (unpaired) electrons. The van der Waals surface area contributed by atoms with E-state index in [-0.39, 0.29) is 18.1 Å². The van der Waals surface area contributed by atoms with Crippen molar-refractivity contribution >= 4 is 40.2 Å². The summed E-state index contributed by atoms with van der Waals surface area (Å²) in [7, 11) is 1.45. The molecule has 0 aliphatic carbocycles. The van der Waals surface area contributed by atoms with Gasteiger partial charge in [0.05, 0.1) is 27.4 Å². The first kappa shape index (κ1) is 25.2. The molecule has 0 heterocycles. The summed E-state index contributed by atoms with van der Waals surface area (Å²) in [6.45, 7) is 0.180. The number of hydrazone groups is 1. The van der Waals surface area contributed by atoms with Gasteiger partial charge in [-0.05, 0) is 70.1 Å². The molecular formula is C22H16F4IN3O4. The predicted octanol–water partition coefficient (Wildman–Crippen LogP) is 6.39. The lowest BCUT2D eigenvalue weighted by atomic mass is 10.1. The number of benzene rings is 3. The van der Waals surface area contributed by atoms with E-state index in [2.05, 4.69) is 10.5 Å². The second kappa shape index (κ2) is 10.7. The molecule has 0 atom stereocenters. The Kier molecular flexibility index (Phi) is 7.91. The molecule has 0 amide bonds. The number of alkyl halides is 3. The third-order valence-corrected chi connectivity index (χ3v) is 5.27. The number of methoxy groups -OCH3 is 1. The lowest BCUT2D eigenvalue weighted by Gasteiger charge is -2.13. The Morgan fingerprint density at radius 2 is 1.85 bits per heavy atom. The Morgan fingerprint density at radius 3 is 2.47 bits per heavy atom. The summed E-state index contributed by atoms with van der Waals surface area (Å²) in [5.41, 5.74) is 1.60. The first-order valence-electron chi connectivity index (χ1n) is 9.48. The number of nitro benzene ring substituents is 1. The van der Waals surface area contributed by atoms with Crippen LogP contribution in [0.15, 0.2) is 59.7 Å². The molecule has 3 aromatic carbocycles. The molecule has 3 aromatic rings. The van der Waals surface area contributed by atoms with Crippen LogP contribution in [-0.2, 0) is 12.8 Å². The van der Waals surface area contributed by atoms with Crippen molar-refractivity contribution < 1.29 is 32.0 Å². The average molecular weight is 589 g/mol. The van der Waals surface area contributed by atoms with Gasteiger partial charge in [0.15, 0.2) is 11.5 Å². The van der Waals surface area contributed by atoms with E-state index in [0.717, 1.165) is 17.7 Å². The van der Waals surface area contributed by atoms with Gasteiger partial charge in [-0.2, -0.15) is 18.3 Å². The van der Waals surface area contributed by atoms with Gasteiger partial charge < -0.3 is 9.47 Å². The number of hydrogen-bond donors (Lipinski definition) is 1. The van der Waals surface area contributed by atoms with Gasteiger partial charge in [-0.1, -0.05) is 12.1 Å². The second-order valence-electron chi connectivity index (χ2n) is 6.81. The van der Waals surface area contributed by atoms with Gasteiger partial charge in [-0.3, -0.25) is 15.5 Å². The van der Waals surface area contributed by atoms with Crippen molar-refractivity contribution in [2.24, 2.45) is 5.10 Å². The summed E-state index contributed by atoms with van der Waals surface area (Å²) in [6.07, 6.45) is -3.38. The molecule has 0 saturated heterocycles. The molecule has 0 aliphatic rings. The maximum atomic E-state index is 13.1. The molecule has 0 saturated carbocycles. The molecule has 7 nitrogen and oxygen atoms in total. The van der Waals surface area contributed by atoms with Crippen LogP contribution in [-0.4, -0.2) is 18.2 Å². The second-order valence-corrected chi connectivity index (χ2v) is 7.97. The zero-order valence-electron chi connectivity index (χ0n) is 17.4. The summed E-state index contributed by atoms with van der Waals surface area (Å²) < 4.78 is 63.4. The first-order chi connectivity index (χ1) is 16.1. The van der Waals surface area contributed by atoms with Crippen molar-refractivity contribution in [1.29, 1.82) is 0 Å². The Hall–Kier alpha value is -3.42. The van der Waals surface area contributed by atoms with Crippen molar-refractivity contribution in [2.45, 2.75) is 12.8 Å². The molecule has 3 rings (SSSR count). The highest BCUT2D eigenvalue weighted by molar-refractivity contribution is 14.1. The van der Waals surface area contributed by atoms with Crippen molar-refractivity contribution in [2.75, 3.05) is 12.5 Å². The number of rotatable bonds is 8. The summed E-state index contributed by atoms with van der Waals surface area (Å²) in [5, 5.41) is 15.1. The van der Waals surface area contributed by atoms with Crippen LogP contribution in [0.25, 0.3) is 0 Å². The fraction of sp³-hybridized carbons (Fsp3) is 0.136. The monoisotopic (exact) mass is 589 g/mol. The summed E-state index contributed by atoms with van der Waals surface area (Å²) >= 11 is 2.03. The smallest absolute Gasteiger partial charge is 0.416 e. The SMILES string of the molecule is COc1cc(/C=N\Nc2ccc(C(F)(F)F)cc2[N+](=O)[O-])cc(I)c1OCc1ccc(F)cc1. The highest BCUT2D eigenvalue weighted by atomic mass is 127. The minimum Gasteiger partial charge on any atom is -0.493 e. The molecule has 34 heavy (non-hydrogen) atoms. The topological polar surface area (TPSA) is 86.0 Å². The predicted molar refractivity (Wildman–Crippen MR) is 126 cm³/mol. The van der Waals surface area contributed by atoms with Gasteiger partial charge in [-0.15, -0.1) is 0 Å². The molecular weight excluding hydrogens is 573 g/mol. The van der Waals surface area contributed by atoms with Gasteiger partial charge in [0, 0.05) is 6.07 Å². The van der Waals surface area contributed by atoms with Crippen LogP contribution in [0, 0.1) is 19.5 Å². The Morgan fingerprint density at radius 1 is 1.15 bits per heavy atom. The zero-order chi connectivity index (χ0) is 24.9. The van der Waals surface area contributed by atoms with E-state index in [1.54, 1.807) is 24.3 Å². The molecule has 0 aliphatic heterocycles. The van der Waals surface area contributed by atoms with E-state index in [0.29, 0.717) is 26.7 Å². The summed E-state index contributed by atoms with van der Waals surface area (Å²) in [5.74, 6) is 0.488. The quantitative estimate of drug-likeness (QED) is 0.108. The minimum atomic E-state index is -4.71. The van der Waals surface area contributed by atoms with Crippen molar-refractivity contribution in [1.82, 2.24) is 0 Å². The largest absolute Gasteiger partial charge is 0.493 e. The zero-order valence-corrected chi connectivity index (χ0v) is 19.6. The molecule has 1 N–H and O–H groups in total. The normalized spacial score (nSPS) is 11.5. The van der Waals surface area contributed by atoms with E-state index in [9.17, 15) is 27.7 Å². The molecule has 0 aromatic heterocycles. The van der Waals surface area contributed by atoms with Crippen LogP contribution in [0.4, 0.5) is 28.9 Å². The van der Waals surface area contributed by atoms with Crippen molar-refractivity contribution in [3.63, 3.8) is 0 Å². The number of hydrogen-bond acceptors (Lipinski definition) is 6. The highest BCUT2D eigenvalue weighted by Gasteiger charge is 2.33. The van der Waals surface area contributed by atoms with Crippen LogP contribution < -0.4 is 14.9 Å². The molecule has 0 spiro atoms. The van der Waals surface area contributed by atoms with E-state index < -0.39 is 22.4 Å². The minimum absolute atomic E-state index is 0.180. The summed E-state index contributed by atoms with van der Waals surface area (Å²) in [4.78, 5) is 10.3. The van der Waals surface area contributed by atoms with Crippen LogP contribution in [0.3, 0.4) is 0 Å². The van der Waals surface area contributed by atoms with Gasteiger partial charge >= 0.3 is 6.18 Å². The van der Waals surface area contributed by atoms with Crippen LogP contribution in [0.5, 0.6) is 11.5 Å². The van der Waals surface area contributed by atoms with Crippen LogP contribution in [0.2, 0.25) is 0 Å². The maximum absolute atomic E-state index is 13.1. The molecule has 0 unspecified atom stereocenters. The lowest BCUT2D eigenvalue weighted by Crippen LogP contribution is -2.06. The van der Waals surface area contributed by atoms with E-state index in [1.807, 2.05) is 22.6 Å². The Labute approximate surface area is 204 Å². The van der Waals surface area contributed by atoms with E-state index in [4.69, 9.17) is 9.47 Å². The Balaban J connectivity index is 1.77. The van der Waals surface area contributed by atoms with Gasteiger partial charge in [0.25, 0.3) is 5.69 Å². The van der Waals surface area contributed by atoms with Crippen LogP contribution in [0.1, 0.15) is 16.7 Å². The first-order valence-corrected chi connectivity index (χ1v) is 10.6. The summed E-state index contributed by atoms with van der Waals surface area (Å²) in [6, 6.07) is 11.3. The number of nitrogens with one attached hydrogen (secondary N) is 1. The van der Waals surface area contributed by atoms with Crippen molar-refractivity contribution in [3.05, 3.63) is 90.8 Å². The third kappa shape index (κ3) is 6.34. The number of nitro groups is 1. The molecule has 0 fully saturated rings. The number of halogens is 5.